The Morgan fingerprint density at radius 2 is 1.87 bits per heavy atom. The van der Waals surface area contributed by atoms with Crippen LogP contribution in [0.15, 0.2) is 54.0 Å². The summed E-state index contributed by atoms with van der Waals surface area (Å²) in [6.45, 7) is 7.01. The normalized spacial score (nSPS) is 28.2. The van der Waals surface area contributed by atoms with Crippen molar-refractivity contribution < 1.29 is 4.74 Å². The van der Waals surface area contributed by atoms with Crippen molar-refractivity contribution in [3.8, 4) is 0 Å². The molecule has 23 heavy (non-hydrogen) atoms. The van der Waals surface area contributed by atoms with E-state index in [9.17, 15) is 0 Å². The Morgan fingerprint density at radius 3 is 2.48 bits per heavy atom. The van der Waals surface area contributed by atoms with Crippen LogP contribution < -0.4 is 4.90 Å². The maximum absolute atomic E-state index is 5.97. The summed E-state index contributed by atoms with van der Waals surface area (Å²) in [5.74, 6) is 0.813. The highest BCUT2D eigenvalue weighted by atomic mass is 16.5. The molecule has 2 aliphatic heterocycles. The highest BCUT2D eigenvalue weighted by Gasteiger charge is 2.66. The predicted octanol–water partition coefficient (Wildman–Crippen LogP) is 3.00. The molecule has 0 amide bonds. The van der Waals surface area contributed by atoms with Crippen LogP contribution in [0.2, 0.25) is 0 Å². The lowest BCUT2D eigenvalue weighted by atomic mass is 10.0. The molecule has 0 aliphatic carbocycles. The van der Waals surface area contributed by atoms with Crippen molar-refractivity contribution in [3.05, 3.63) is 54.6 Å². The Kier molecular flexibility index (Phi) is 2.95. The van der Waals surface area contributed by atoms with E-state index >= 15 is 0 Å². The second-order valence-corrected chi connectivity index (χ2v) is 6.93. The van der Waals surface area contributed by atoms with Crippen molar-refractivity contribution >= 4 is 11.6 Å². The molecule has 5 nitrogen and oxygen atoms in total. The fourth-order valence-electron chi connectivity index (χ4n) is 3.39. The first-order chi connectivity index (χ1) is 11.0. The van der Waals surface area contributed by atoms with Gasteiger partial charge in [0, 0.05) is 18.6 Å². The zero-order valence-electron chi connectivity index (χ0n) is 13.6. The maximum atomic E-state index is 5.97. The molecule has 0 bridgehead atoms. The second-order valence-electron chi connectivity index (χ2n) is 6.93. The third kappa shape index (κ3) is 2.19. The third-order valence-electron chi connectivity index (χ3n) is 4.57. The zero-order chi connectivity index (χ0) is 16.1. The number of hydrogen-bond donors (Lipinski definition) is 0. The maximum Gasteiger partial charge on any atom is 0.213 e. The molecule has 2 aromatic heterocycles. The van der Waals surface area contributed by atoms with E-state index < -0.39 is 0 Å². The number of nitrogens with zero attached hydrogens (tertiary/aromatic N) is 4. The molecule has 0 aromatic carbocycles. The van der Waals surface area contributed by atoms with Crippen molar-refractivity contribution in [2.24, 2.45) is 4.99 Å². The van der Waals surface area contributed by atoms with Crippen LogP contribution in [0.1, 0.15) is 32.4 Å². The second kappa shape index (κ2) is 4.78. The van der Waals surface area contributed by atoms with E-state index in [2.05, 4.69) is 53.8 Å². The molecular formula is C18H20N4O. The highest BCUT2D eigenvalue weighted by Crippen LogP contribution is 2.57. The molecule has 4 heterocycles. The van der Waals surface area contributed by atoms with Crippen LogP contribution in [-0.4, -0.2) is 33.6 Å². The first-order valence-electron chi connectivity index (χ1n) is 7.85. The fraction of sp³-hybridized carbons (Fsp3) is 0.389. The summed E-state index contributed by atoms with van der Waals surface area (Å²) in [6, 6.07) is 8.33. The number of aliphatic imine (C=N–C) groups is 1. The van der Waals surface area contributed by atoms with Gasteiger partial charge >= 0.3 is 0 Å². The average Bonchev–Trinajstić information content (AvgIpc) is 3.03. The molecule has 0 unspecified atom stereocenters. The number of anilines is 1. The number of hydrogen-bond acceptors (Lipinski definition) is 5. The van der Waals surface area contributed by atoms with Gasteiger partial charge in [-0.1, -0.05) is 0 Å². The molecule has 0 radical (unpaired) electrons. The van der Waals surface area contributed by atoms with Crippen LogP contribution in [0.4, 0.5) is 5.69 Å². The topological polar surface area (TPSA) is 50.4 Å². The molecule has 118 valence electrons. The monoisotopic (exact) mass is 308 g/mol. The van der Waals surface area contributed by atoms with Crippen molar-refractivity contribution in [2.75, 3.05) is 11.5 Å². The van der Waals surface area contributed by atoms with Crippen molar-refractivity contribution in [3.63, 3.8) is 0 Å². The molecule has 1 fully saturated rings. The summed E-state index contributed by atoms with van der Waals surface area (Å²) >= 11 is 0. The molecule has 0 spiro atoms. The van der Waals surface area contributed by atoms with E-state index in [-0.39, 0.29) is 17.1 Å². The Hall–Kier alpha value is -2.43. The van der Waals surface area contributed by atoms with Gasteiger partial charge in [-0.25, -0.2) is 4.99 Å². The van der Waals surface area contributed by atoms with Crippen LogP contribution in [0.3, 0.4) is 0 Å². The summed E-state index contributed by atoms with van der Waals surface area (Å²) in [5.41, 5.74) is 1.85. The van der Waals surface area contributed by atoms with Gasteiger partial charge in [-0.05, 0) is 50.6 Å². The molecule has 0 N–H and O–H groups in total. The van der Waals surface area contributed by atoms with Crippen LogP contribution in [0, 0.1) is 0 Å². The summed E-state index contributed by atoms with van der Waals surface area (Å²) in [5, 5.41) is 0. The Morgan fingerprint density at radius 1 is 1.09 bits per heavy atom. The first-order valence-corrected chi connectivity index (χ1v) is 7.85. The summed E-state index contributed by atoms with van der Waals surface area (Å²) in [7, 11) is 0. The van der Waals surface area contributed by atoms with E-state index in [1.807, 2.05) is 24.7 Å². The molecular weight excluding hydrogens is 288 g/mol. The van der Waals surface area contributed by atoms with Gasteiger partial charge in [0.25, 0.3) is 0 Å². The van der Waals surface area contributed by atoms with Gasteiger partial charge in [-0.2, -0.15) is 0 Å². The standard InChI is InChI=1S/C18H20N4O/c1-17(2)12-23-16(21-17)18(3)15(13-6-9-19-10-7-13)22(18)14-5-4-8-20-11-14/h4-11,15H,12H2,1-3H3/t15-,18+,22?/m0/s1. The lowest BCUT2D eigenvalue weighted by molar-refractivity contribution is 0.270. The Balaban J connectivity index is 1.77. The Labute approximate surface area is 136 Å². The van der Waals surface area contributed by atoms with Crippen LogP contribution in [0.25, 0.3) is 0 Å². The quantitative estimate of drug-likeness (QED) is 0.818. The van der Waals surface area contributed by atoms with Gasteiger partial charge < -0.3 is 9.64 Å². The van der Waals surface area contributed by atoms with E-state index in [4.69, 9.17) is 9.73 Å². The Bertz CT molecular complexity index is 697. The molecule has 2 aliphatic rings. The van der Waals surface area contributed by atoms with Crippen molar-refractivity contribution in [2.45, 2.75) is 37.9 Å². The van der Waals surface area contributed by atoms with Crippen LogP contribution in [-0.2, 0) is 4.74 Å². The van der Waals surface area contributed by atoms with Crippen molar-refractivity contribution in [1.82, 2.24) is 9.97 Å². The molecule has 4 rings (SSSR count). The minimum absolute atomic E-state index is 0.162. The van der Waals surface area contributed by atoms with Gasteiger partial charge in [0.1, 0.15) is 12.1 Å². The number of aromatic nitrogens is 2. The predicted molar refractivity (Wildman–Crippen MR) is 89.6 cm³/mol. The highest BCUT2D eigenvalue weighted by molar-refractivity contribution is 5.98. The molecule has 1 saturated heterocycles. The van der Waals surface area contributed by atoms with Crippen LogP contribution >= 0.6 is 0 Å². The van der Waals surface area contributed by atoms with Gasteiger partial charge in [0.15, 0.2) is 0 Å². The summed E-state index contributed by atoms with van der Waals surface area (Å²) < 4.78 is 5.97. The summed E-state index contributed by atoms with van der Waals surface area (Å²) in [6.07, 6.45) is 7.34. The van der Waals surface area contributed by atoms with E-state index in [0.717, 1.165) is 11.6 Å². The SMILES string of the molecule is CC1(C)COC([C@@]2(C)[C@H](c3ccncc3)N2c2cccnc2)=N1. The molecule has 2 aromatic rings. The van der Waals surface area contributed by atoms with Crippen LogP contribution in [0.5, 0.6) is 0 Å². The van der Waals surface area contributed by atoms with Crippen molar-refractivity contribution in [1.29, 1.82) is 0 Å². The van der Waals surface area contributed by atoms with E-state index in [0.29, 0.717) is 6.61 Å². The molecule has 5 heteroatoms. The summed E-state index contributed by atoms with van der Waals surface area (Å²) in [4.78, 5) is 15.5. The molecule has 2 atom stereocenters. The number of rotatable bonds is 3. The lowest BCUT2D eigenvalue weighted by Gasteiger charge is -2.12. The number of pyridine rings is 2. The fourth-order valence-corrected chi connectivity index (χ4v) is 3.39. The lowest BCUT2D eigenvalue weighted by Crippen LogP contribution is -2.26. The van der Waals surface area contributed by atoms with Gasteiger partial charge in [0.2, 0.25) is 5.90 Å². The van der Waals surface area contributed by atoms with E-state index in [1.165, 1.54) is 5.56 Å². The number of ether oxygens (including phenoxy) is 1. The van der Waals surface area contributed by atoms with Gasteiger partial charge in [-0.15, -0.1) is 0 Å². The minimum Gasteiger partial charge on any atom is -0.477 e. The smallest absolute Gasteiger partial charge is 0.213 e. The average molecular weight is 308 g/mol. The molecule has 0 saturated carbocycles. The van der Waals surface area contributed by atoms with E-state index in [1.54, 1.807) is 6.20 Å². The first kappa shape index (κ1) is 14.2. The largest absolute Gasteiger partial charge is 0.477 e. The van der Waals surface area contributed by atoms with Gasteiger partial charge in [0.05, 0.1) is 23.5 Å². The van der Waals surface area contributed by atoms with Gasteiger partial charge in [-0.3, -0.25) is 9.97 Å². The zero-order valence-corrected chi connectivity index (χ0v) is 13.6. The third-order valence-corrected chi connectivity index (χ3v) is 4.57. The minimum atomic E-state index is -0.280.